The summed E-state index contributed by atoms with van der Waals surface area (Å²) in [4.78, 5) is 14.3. The highest BCUT2D eigenvalue weighted by Gasteiger charge is 2.17. The number of aliphatic carboxylic acids is 1. The molecule has 0 aromatic carbocycles. The molecule has 0 saturated heterocycles. The average Bonchev–Trinajstić information content (AvgIpc) is 2.28. The zero-order valence-corrected chi connectivity index (χ0v) is 9.28. The Bertz CT molecular complexity index is 366. The van der Waals surface area contributed by atoms with Crippen molar-refractivity contribution in [3.63, 3.8) is 0 Å². The molecule has 0 aliphatic carbocycles. The normalized spacial score (nSPS) is 14.3. The second-order valence-corrected chi connectivity index (χ2v) is 3.74. The number of carbonyl (C=O) groups is 1. The molecule has 5 N–H and O–H groups in total. The van der Waals surface area contributed by atoms with Crippen molar-refractivity contribution in [3.8, 4) is 0 Å². The molecule has 17 heavy (non-hydrogen) atoms. The van der Waals surface area contributed by atoms with Crippen LogP contribution in [0.3, 0.4) is 0 Å². The van der Waals surface area contributed by atoms with Crippen molar-refractivity contribution in [1.29, 1.82) is 0 Å². The van der Waals surface area contributed by atoms with Crippen LogP contribution in [0.2, 0.25) is 0 Å². The number of aliphatic hydroxyl groups is 2. The van der Waals surface area contributed by atoms with Crippen molar-refractivity contribution in [3.05, 3.63) is 29.6 Å². The Balaban J connectivity index is 2.69. The number of carboxylic acids is 1. The second-order valence-electron chi connectivity index (χ2n) is 3.74. The lowest BCUT2D eigenvalue weighted by molar-refractivity contribution is -0.136. The first kappa shape index (κ1) is 13.6. The Kier molecular flexibility index (Phi) is 5.02. The summed E-state index contributed by atoms with van der Waals surface area (Å²) in [5.74, 6) is -0.964. The monoisotopic (exact) mass is 240 g/mol. The van der Waals surface area contributed by atoms with Crippen LogP contribution in [0.25, 0.3) is 0 Å². The summed E-state index contributed by atoms with van der Waals surface area (Å²) in [6.45, 7) is 0.281. The summed E-state index contributed by atoms with van der Waals surface area (Å²) in [5, 5.41) is 27.8. The third-order valence-electron chi connectivity index (χ3n) is 2.35. The van der Waals surface area contributed by atoms with Crippen LogP contribution in [0, 0.1) is 0 Å². The Morgan fingerprint density at radius 1 is 1.41 bits per heavy atom. The minimum Gasteiger partial charge on any atom is -0.481 e. The number of rotatable bonds is 6. The number of pyridine rings is 1. The van der Waals surface area contributed by atoms with Crippen molar-refractivity contribution in [2.75, 3.05) is 6.54 Å². The van der Waals surface area contributed by atoms with Gasteiger partial charge in [-0.2, -0.15) is 0 Å². The number of hydrogen-bond acceptors (Lipinski definition) is 5. The van der Waals surface area contributed by atoms with Gasteiger partial charge in [-0.1, -0.05) is 6.07 Å². The van der Waals surface area contributed by atoms with Crippen LogP contribution in [-0.2, 0) is 11.2 Å². The van der Waals surface area contributed by atoms with Crippen LogP contribution in [0.15, 0.2) is 18.3 Å². The minimum absolute atomic E-state index is 0.165. The van der Waals surface area contributed by atoms with Gasteiger partial charge in [0.2, 0.25) is 0 Å². The van der Waals surface area contributed by atoms with Crippen molar-refractivity contribution >= 4 is 5.97 Å². The summed E-state index contributed by atoms with van der Waals surface area (Å²) < 4.78 is 0. The molecule has 94 valence electrons. The lowest BCUT2D eigenvalue weighted by Gasteiger charge is -2.17. The van der Waals surface area contributed by atoms with Crippen molar-refractivity contribution in [2.45, 2.75) is 25.0 Å². The van der Waals surface area contributed by atoms with E-state index in [2.05, 4.69) is 4.98 Å². The second kappa shape index (κ2) is 6.29. The molecule has 0 spiro atoms. The van der Waals surface area contributed by atoms with Gasteiger partial charge >= 0.3 is 5.97 Å². The van der Waals surface area contributed by atoms with Gasteiger partial charge in [-0.15, -0.1) is 0 Å². The Morgan fingerprint density at radius 3 is 2.59 bits per heavy atom. The van der Waals surface area contributed by atoms with Crippen molar-refractivity contribution in [2.24, 2.45) is 5.73 Å². The average molecular weight is 240 g/mol. The number of nitrogens with zero attached hydrogens (tertiary/aromatic N) is 1. The van der Waals surface area contributed by atoms with E-state index in [4.69, 9.17) is 10.8 Å². The predicted molar refractivity (Wildman–Crippen MR) is 60.2 cm³/mol. The van der Waals surface area contributed by atoms with Crippen LogP contribution < -0.4 is 5.73 Å². The first-order chi connectivity index (χ1) is 8.04. The minimum atomic E-state index is -1.05. The lowest BCUT2D eigenvalue weighted by atomic mass is 10.0. The summed E-state index contributed by atoms with van der Waals surface area (Å²) in [6, 6.07) is 3.07. The van der Waals surface area contributed by atoms with Gasteiger partial charge in [0.05, 0.1) is 18.2 Å². The standard InChI is InChI=1S/C11H16N2O4/c12-4-3-9(14)11(17)7-1-2-8(13-6-7)5-10(15)16/h1-2,6,9,11,14,17H,3-5,12H2,(H,15,16). The zero-order valence-electron chi connectivity index (χ0n) is 9.28. The van der Waals surface area contributed by atoms with E-state index in [9.17, 15) is 15.0 Å². The van der Waals surface area contributed by atoms with E-state index in [1.165, 1.54) is 12.3 Å². The van der Waals surface area contributed by atoms with E-state index in [1.54, 1.807) is 6.07 Å². The summed E-state index contributed by atoms with van der Waals surface area (Å²) in [7, 11) is 0. The fourth-order valence-corrected chi connectivity index (χ4v) is 1.42. The summed E-state index contributed by atoms with van der Waals surface area (Å²) >= 11 is 0. The summed E-state index contributed by atoms with van der Waals surface area (Å²) in [6.07, 6.45) is -0.500. The highest BCUT2D eigenvalue weighted by atomic mass is 16.4. The van der Waals surface area contributed by atoms with E-state index >= 15 is 0 Å². The smallest absolute Gasteiger partial charge is 0.309 e. The van der Waals surface area contributed by atoms with Crippen LogP contribution >= 0.6 is 0 Å². The molecule has 0 aliphatic rings. The van der Waals surface area contributed by atoms with Gasteiger partial charge in [0.15, 0.2) is 0 Å². The first-order valence-corrected chi connectivity index (χ1v) is 5.27. The van der Waals surface area contributed by atoms with Crippen LogP contribution in [0.4, 0.5) is 0 Å². The lowest BCUT2D eigenvalue weighted by Crippen LogP contribution is -2.22. The number of aliphatic hydroxyl groups excluding tert-OH is 2. The van der Waals surface area contributed by atoms with E-state index in [0.717, 1.165) is 0 Å². The van der Waals surface area contributed by atoms with Crippen molar-refractivity contribution < 1.29 is 20.1 Å². The highest BCUT2D eigenvalue weighted by Crippen LogP contribution is 2.17. The maximum Gasteiger partial charge on any atom is 0.309 e. The third kappa shape index (κ3) is 4.10. The van der Waals surface area contributed by atoms with Gasteiger partial charge in [-0.05, 0) is 19.0 Å². The Labute approximate surface area is 98.7 Å². The van der Waals surface area contributed by atoms with E-state index in [-0.39, 0.29) is 19.4 Å². The molecular weight excluding hydrogens is 224 g/mol. The third-order valence-corrected chi connectivity index (χ3v) is 2.35. The fourth-order valence-electron chi connectivity index (χ4n) is 1.42. The molecule has 0 amide bonds. The molecule has 0 saturated carbocycles. The predicted octanol–water partition coefficient (Wildman–Crippen LogP) is -0.548. The molecule has 6 nitrogen and oxygen atoms in total. The number of carboxylic acid groups (broad SMARTS) is 1. The molecule has 1 aromatic rings. The Hall–Kier alpha value is -1.50. The van der Waals surface area contributed by atoms with E-state index < -0.39 is 18.2 Å². The van der Waals surface area contributed by atoms with Crippen LogP contribution in [0.5, 0.6) is 0 Å². The molecule has 1 heterocycles. The van der Waals surface area contributed by atoms with Gasteiger partial charge in [0, 0.05) is 11.8 Å². The molecule has 6 heteroatoms. The van der Waals surface area contributed by atoms with Gasteiger partial charge in [-0.3, -0.25) is 9.78 Å². The molecular formula is C11H16N2O4. The number of nitrogens with two attached hydrogens (primary N) is 1. The first-order valence-electron chi connectivity index (χ1n) is 5.27. The molecule has 1 aromatic heterocycles. The molecule has 0 bridgehead atoms. The maximum atomic E-state index is 10.4. The topological polar surface area (TPSA) is 117 Å². The van der Waals surface area contributed by atoms with Gasteiger partial charge in [0.1, 0.15) is 6.10 Å². The highest BCUT2D eigenvalue weighted by molar-refractivity contribution is 5.69. The number of hydrogen-bond donors (Lipinski definition) is 4. The van der Waals surface area contributed by atoms with Crippen LogP contribution in [-0.4, -0.2) is 38.9 Å². The van der Waals surface area contributed by atoms with E-state index in [0.29, 0.717) is 11.3 Å². The maximum absolute atomic E-state index is 10.4. The molecule has 0 fully saturated rings. The van der Waals surface area contributed by atoms with Crippen LogP contribution in [0.1, 0.15) is 23.8 Å². The van der Waals surface area contributed by atoms with Crippen molar-refractivity contribution in [1.82, 2.24) is 4.98 Å². The largest absolute Gasteiger partial charge is 0.481 e. The Morgan fingerprint density at radius 2 is 2.12 bits per heavy atom. The molecule has 0 radical (unpaired) electrons. The zero-order chi connectivity index (χ0) is 12.8. The van der Waals surface area contributed by atoms with Gasteiger partial charge < -0.3 is 21.1 Å². The fraction of sp³-hybridized carbons (Fsp3) is 0.455. The van der Waals surface area contributed by atoms with Gasteiger partial charge in [-0.25, -0.2) is 0 Å². The SMILES string of the molecule is NCCC(O)C(O)c1ccc(CC(=O)O)nc1. The van der Waals surface area contributed by atoms with Gasteiger partial charge in [0.25, 0.3) is 0 Å². The summed E-state index contributed by atoms with van der Waals surface area (Å²) in [5.41, 5.74) is 6.12. The molecule has 2 atom stereocenters. The molecule has 1 rings (SSSR count). The molecule has 2 unspecified atom stereocenters. The van der Waals surface area contributed by atoms with E-state index in [1.807, 2.05) is 0 Å². The number of aromatic nitrogens is 1. The quantitative estimate of drug-likeness (QED) is 0.530. The molecule has 0 aliphatic heterocycles.